The van der Waals surface area contributed by atoms with Crippen molar-refractivity contribution in [3.63, 3.8) is 0 Å². The summed E-state index contributed by atoms with van der Waals surface area (Å²) in [6.07, 6.45) is -0.155. The number of rotatable bonds is 6. The van der Waals surface area contributed by atoms with Gasteiger partial charge in [-0.2, -0.15) is 0 Å². The molecule has 27 heavy (non-hydrogen) atoms. The number of nitrogens with one attached hydrogen (secondary N) is 1. The highest BCUT2D eigenvalue weighted by atomic mass is 32.2. The fourth-order valence-electron chi connectivity index (χ4n) is 2.58. The molecule has 0 spiro atoms. The first-order chi connectivity index (χ1) is 12.9. The first kappa shape index (κ1) is 18.6. The Kier molecular flexibility index (Phi) is 5.51. The van der Waals surface area contributed by atoms with Crippen molar-refractivity contribution in [2.45, 2.75) is 18.2 Å². The highest BCUT2D eigenvalue weighted by Gasteiger charge is 2.40. The van der Waals surface area contributed by atoms with Gasteiger partial charge in [0.25, 0.3) is 10.9 Å². The molecule has 0 aliphatic carbocycles. The molecule has 1 heterocycles. The molecular formula is C18H15N3O5S. The number of hydrogen-bond donors (Lipinski definition) is 1. The van der Waals surface area contributed by atoms with E-state index >= 15 is 0 Å². The Morgan fingerprint density at radius 3 is 2.41 bits per heavy atom. The highest BCUT2D eigenvalue weighted by Crippen LogP contribution is 2.30. The Morgan fingerprint density at radius 2 is 1.78 bits per heavy atom. The van der Waals surface area contributed by atoms with E-state index in [-0.39, 0.29) is 23.9 Å². The molecule has 0 aromatic heterocycles. The maximum absolute atomic E-state index is 12.5. The predicted molar refractivity (Wildman–Crippen MR) is 100 cm³/mol. The second-order valence-electron chi connectivity index (χ2n) is 5.84. The number of anilines is 1. The van der Waals surface area contributed by atoms with Gasteiger partial charge in [-0.15, -0.1) is 0 Å². The zero-order valence-electron chi connectivity index (χ0n) is 14.0. The van der Waals surface area contributed by atoms with Gasteiger partial charge in [0.1, 0.15) is 5.25 Å². The summed E-state index contributed by atoms with van der Waals surface area (Å²) in [6, 6.07) is 14.5. The first-order valence-electron chi connectivity index (χ1n) is 8.04. The van der Waals surface area contributed by atoms with Gasteiger partial charge in [-0.3, -0.25) is 29.4 Å². The number of nitro benzene ring substituents is 1. The van der Waals surface area contributed by atoms with E-state index in [0.717, 1.165) is 22.2 Å². The van der Waals surface area contributed by atoms with E-state index in [9.17, 15) is 24.5 Å². The van der Waals surface area contributed by atoms with Crippen molar-refractivity contribution >= 4 is 40.2 Å². The lowest BCUT2D eigenvalue weighted by atomic mass is 10.2. The van der Waals surface area contributed by atoms with Crippen LogP contribution in [0.2, 0.25) is 0 Å². The molecular weight excluding hydrogens is 370 g/mol. The topological polar surface area (TPSA) is 110 Å². The summed E-state index contributed by atoms with van der Waals surface area (Å²) >= 11 is 0.834. The SMILES string of the molecule is O=C(C[C@H]1SC(=O)N(Cc2ccccc2)C1=O)Nc1ccc([N+](=O)[O-])cc1. The van der Waals surface area contributed by atoms with Crippen LogP contribution in [0.5, 0.6) is 0 Å². The zero-order chi connectivity index (χ0) is 19.4. The van der Waals surface area contributed by atoms with Crippen LogP contribution in [0.4, 0.5) is 16.2 Å². The fourth-order valence-corrected chi connectivity index (χ4v) is 3.57. The molecule has 1 aliphatic heterocycles. The largest absolute Gasteiger partial charge is 0.326 e. The molecule has 1 aliphatic rings. The molecule has 3 rings (SSSR count). The standard InChI is InChI=1S/C18H15N3O5S/c22-16(19-13-6-8-14(9-7-13)21(25)26)10-15-17(23)20(18(24)27-15)11-12-4-2-1-3-5-12/h1-9,15H,10-11H2,(H,19,22)/t15-/m1/s1. The van der Waals surface area contributed by atoms with Crippen LogP contribution in [0.15, 0.2) is 54.6 Å². The van der Waals surface area contributed by atoms with Crippen LogP contribution >= 0.6 is 11.8 Å². The molecule has 0 unspecified atom stereocenters. The van der Waals surface area contributed by atoms with E-state index in [1.807, 2.05) is 30.3 Å². The number of imide groups is 1. The quantitative estimate of drug-likeness (QED) is 0.604. The average molecular weight is 385 g/mol. The van der Waals surface area contributed by atoms with Gasteiger partial charge < -0.3 is 5.32 Å². The lowest BCUT2D eigenvalue weighted by Crippen LogP contribution is -2.32. The summed E-state index contributed by atoms with van der Waals surface area (Å²) in [7, 11) is 0. The molecule has 0 bridgehead atoms. The van der Waals surface area contributed by atoms with Crippen molar-refractivity contribution in [3.8, 4) is 0 Å². The maximum Gasteiger partial charge on any atom is 0.289 e. The van der Waals surface area contributed by atoms with Crippen LogP contribution in [0.3, 0.4) is 0 Å². The minimum absolute atomic E-state index is 0.0864. The number of benzene rings is 2. The zero-order valence-corrected chi connectivity index (χ0v) is 14.8. The number of hydrogen-bond acceptors (Lipinski definition) is 6. The lowest BCUT2D eigenvalue weighted by Gasteiger charge is -2.13. The number of carbonyl (C=O) groups excluding carboxylic acids is 3. The number of nitrogens with zero attached hydrogens (tertiary/aromatic N) is 2. The van der Waals surface area contributed by atoms with Crippen molar-refractivity contribution in [3.05, 3.63) is 70.3 Å². The van der Waals surface area contributed by atoms with Crippen LogP contribution in [0.1, 0.15) is 12.0 Å². The Morgan fingerprint density at radius 1 is 1.11 bits per heavy atom. The highest BCUT2D eigenvalue weighted by molar-refractivity contribution is 8.15. The third-order valence-electron chi connectivity index (χ3n) is 3.92. The third kappa shape index (κ3) is 4.50. The molecule has 0 saturated carbocycles. The molecule has 2 aromatic rings. The van der Waals surface area contributed by atoms with Crippen LogP contribution in [-0.2, 0) is 16.1 Å². The Hall–Kier alpha value is -3.20. The van der Waals surface area contributed by atoms with Crippen molar-refractivity contribution in [2.24, 2.45) is 0 Å². The molecule has 1 N–H and O–H groups in total. The second-order valence-corrected chi connectivity index (χ2v) is 6.99. The molecule has 1 saturated heterocycles. The molecule has 8 nitrogen and oxygen atoms in total. The fraction of sp³-hybridized carbons (Fsp3) is 0.167. The molecule has 3 amide bonds. The average Bonchev–Trinajstić information content (AvgIpc) is 2.90. The molecule has 0 radical (unpaired) electrons. The summed E-state index contributed by atoms with van der Waals surface area (Å²) in [4.78, 5) is 48.0. The summed E-state index contributed by atoms with van der Waals surface area (Å²) in [5.74, 6) is -0.836. The monoisotopic (exact) mass is 385 g/mol. The minimum atomic E-state index is -0.778. The van der Waals surface area contributed by atoms with E-state index < -0.39 is 22.0 Å². The van der Waals surface area contributed by atoms with Crippen molar-refractivity contribution in [1.29, 1.82) is 0 Å². The van der Waals surface area contributed by atoms with Gasteiger partial charge in [0.15, 0.2) is 0 Å². The van der Waals surface area contributed by atoms with Gasteiger partial charge in [-0.05, 0) is 17.7 Å². The second kappa shape index (κ2) is 8.00. The predicted octanol–water partition coefficient (Wildman–Crippen LogP) is 3.19. The minimum Gasteiger partial charge on any atom is -0.326 e. The van der Waals surface area contributed by atoms with E-state index in [4.69, 9.17) is 0 Å². The summed E-state index contributed by atoms with van der Waals surface area (Å²) in [5.41, 5.74) is 1.13. The van der Waals surface area contributed by atoms with Crippen molar-refractivity contribution in [1.82, 2.24) is 4.90 Å². The Balaban J connectivity index is 1.58. The van der Waals surface area contributed by atoms with Gasteiger partial charge in [-0.25, -0.2) is 0 Å². The van der Waals surface area contributed by atoms with Crippen LogP contribution < -0.4 is 5.32 Å². The molecule has 1 fully saturated rings. The number of thioether (sulfide) groups is 1. The van der Waals surface area contributed by atoms with Gasteiger partial charge in [-0.1, -0.05) is 42.1 Å². The normalized spacial score (nSPS) is 16.4. The van der Waals surface area contributed by atoms with E-state index in [1.54, 1.807) is 0 Å². The van der Waals surface area contributed by atoms with Crippen LogP contribution in [0, 0.1) is 10.1 Å². The van der Waals surface area contributed by atoms with Gasteiger partial charge in [0, 0.05) is 24.2 Å². The lowest BCUT2D eigenvalue weighted by molar-refractivity contribution is -0.384. The van der Waals surface area contributed by atoms with Gasteiger partial charge in [0.2, 0.25) is 11.8 Å². The van der Waals surface area contributed by atoms with Crippen LogP contribution in [0.25, 0.3) is 0 Å². The molecule has 1 atom stereocenters. The Labute approximate surface area is 158 Å². The smallest absolute Gasteiger partial charge is 0.289 e. The number of non-ortho nitro benzene ring substituents is 1. The molecule has 2 aromatic carbocycles. The Bertz CT molecular complexity index is 886. The van der Waals surface area contributed by atoms with E-state index in [2.05, 4.69) is 5.32 Å². The third-order valence-corrected chi connectivity index (χ3v) is 5.00. The maximum atomic E-state index is 12.5. The number of nitro groups is 1. The van der Waals surface area contributed by atoms with Crippen molar-refractivity contribution < 1.29 is 19.3 Å². The number of amides is 3. The summed E-state index contributed by atoms with van der Waals surface area (Å²) in [6.45, 7) is 0.173. The molecule has 9 heteroatoms. The summed E-state index contributed by atoms with van der Waals surface area (Å²) in [5, 5.41) is 12.1. The first-order valence-corrected chi connectivity index (χ1v) is 8.92. The summed E-state index contributed by atoms with van der Waals surface area (Å²) < 4.78 is 0. The van der Waals surface area contributed by atoms with E-state index in [1.165, 1.54) is 24.3 Å². The van der Waals surface area contributed by atoms with Gasteiger partial charge >= 0.3 is 0 Å². The van der Waals surface area contributed by atoms with Gasteiger partial charge in [0.05, 0.1) is 11.5 Å². The molecule has 138 valence electrons. The van der Waals surface area contributed by atoms with Crippen molar-refractivity contribution in [2.75, 3.05) is 5.32 Å². The van der Waals surface area contributed by atoms with Crippen LogP contribution in [-0.4, -0.2) is 32.1 Å². The number of carbonyl (C=O) groups is 3. The van der Waals surface area contributed by atoms with E-state index in [0.29, 0.717) is 5.69 Å².